The molecule has 8 heteroatoms. The first-order chi connectivity index (χ1) is 12.6. The molecular formula is C19H26ClN3O4. The van der Waals surface area contributed by atoms with Crippen LogP contribution in [0.5, 0.6) is 0 Å². The Labute approximate surface area is 164 Å². The maximum atomic E-state index is 13.1. The molecule has 7 nitrogen and oxygen atoms in total. The molecule has 1 atom stereocenters. The van der Waals surface area contributed by atoms with E-state index in [0.29, 0.717) is 61.7 Å². The molecule has 1 aromatic heterocycles. The van der Waals surface area contributed by atoms with Gasteiger partial charge >= 0.3 is 0 Å². The summed E-state index contributed by atoms with van der Waals surface area (Å²) in [6.07, 6.45) is 3.81. The molecule has 2 fully saturated rings. The Morgan fingerprint density at radius 1 is 1.19 bits per heavy atom. The molecular weight excluding hydrogens is 370 g/mol. The Kier molecular flexibility index (Phi) is 5.91. The van der Waals surface area contributed by atoms with Crippen LogP contribution in [0.15, 0.2) is 4.42 Å². The number of furan rings is 1. The maximum absolute atomic E-state index is 13.1. The van der Waals surface area contributed by atoms with Gasteiger partial charge in [0.2, 0.25) is 5.91 Å². The van der Waals surface area contributed by atoms with E-state index in [1.807, 2.05) is 4.90 Å². The summed E-state index contributed by atoms with van der Waals surface area (Å²) >= 11 is 0. The van der Waals surface area contributed by atoms with Crippen LogP contribution in [0, 0.1) is 6.92 Å². The van der Waals surface area contributed by atoms with Crippen molar-refractivity contribution in [1.82, 2.24) is 15.1 Å². The Morgan fingerprint density at radius 3 is 2.74 bits per heavy atom. The third-order valence-electron chi connectivity index (χ3n) is 5.75. The van der Waals surface area contributed by atoms with Crippen LogP contribution in [0.3, 0.4) is 0 Å². The minimum absolute atomic E-state index is 0. The molecule has 1 N–H and O–H groups in total. The standard InChI is InChI=1S/C19H25N3O4.ClH/c1-12-17-14(23)5-2-6-15(17)26-18(12)19(25)21-8-3-4-13(11-21)22-9-7-20-10-16(22)24;/h13,20H,2-11H2,1H3;1H. The number of ketones is 1. The van der Waals surface area contributed by atoms with Crippen LogP contribution in [-0.2, 0) is 11.2 Å². The number of aryl methyl sites for hydroxylation is 1. The van der Waals surface area contributed by atoms with Gasteiger partial charge in [-0.25, -0.2) is 0 Å². The number of piperidine rings is 1. The molecule has 1 aliphatic carbocycles. The Morgan fingerprint density at radius 2 is 2.00 bits per heavy atom. The van der Waals surface area contributed by atoms with Crippen molar-refractivity contribution in [1.29, 1.82) is 0 Å². The Bertz CT molecular complexity index is 760. The highest BCUT2D eigenvalue weighted by atomic mass is 35.5. The molecule has 1 aromatic rings. The molecule has 27 heavy (non-hydrogen) atoms. The predicted molar refractivity (Wildman–Crippen MR) is 101 cm³/mol. The lowest BCUT2D eigenvalue weighted by Gasteiger charge is -2.40. The number of rotatable bonds is 2. The zero-order chi connectivity index (χ0) is 18.3. The van der Waals surface area contributed by atoms with Crippen molar-refractivity contribution in [2.24, 2.45) is 0 Å². The van der Waals surface area contributed by atoms with E-state index < -0.39 is 0 Å². The molecule has 4 rings (SSSR count). The van der Waals surface area contributed by atoms with Crippen LogP contribution < -0.4 is 5.32 Å². The van der Waals surface area contributed by atoms with E-state index in [-0.39, 0.29) is 36.0 Å². The summed E-state index contributed by atoms with van der Waals surface area (Å²) in [6, 6.07) is 0.0637. The quantitative estimate of drug-likeness (QED) is 0.821. The summed E-state index contributed by atoms with van der Waals surface area (Å²) in [5.41, 5.74) is 1.29. The van der Waals surface area contributed by atoms with Gasteiger partial charge in [-0.1, -0.05) is 0 Å². The van der Waals surface area contributed by atoms with Crippen LogP contribution >= 0.6 is 12.4 Å². The fourth-order valence-corrected chi connectivity index (χ4v) is 4.40. The van der Waals surface area contributed by atoms with Crippen molar-refractivity contribution < 1.29 is 18.8 Å². The van der Waals surface area contributed by atoms with Gasteiger partial charge in [-0.2, -0.15) is 0 Å². The lowest BCUT2D eigenvalue weighted by molar-refractivity contribution is -0.135. The number of hydrogen-bond donors (Lipinski definition) is 1. The van der Waals surface area contributed by atoms with Crippen molar-refractivity contribution >= 4 is 30.0 Å². The largest absolute Gasteiger partial charge is 0.455 e. The molecule has 0 aromatic carbocycles. The van der Waals surface area contributed by atoms with Gasteiger partial charge in [0, 0.05) is 50.6 Å². The Balaban J connectivity index is 0.00000210. The second kappa shape index (κ2) is 8.02. The number of carbonyl (C=O) groups is 3. The van der Waals surface area contributed by atoms with Gasteiger partial charge in [0.25, 0.3) is 5.91 Å². The molecule has 2 amide bonds. The van der Waals surface area contributed by atoms with Crippen LogP contribution in [-0.4, -0.2) is 66.2 Å². The number of carbonyl (C=O) groups excluding carboxylic acids is 3. The van der Waals surface area contributed by atoms with Crippen LogP contribution in [0.2, 0.25) is 0 Å². The summed E-state index contributed by atoms with van der Waals surface area (Å²) < 4.78 is 5.82. The first-order valence-electron chi connectivity index (χ1n) is 9.51. The highest BCUT2D eigenvalue weighted by molar-refractivity contribution is 6.03. The molecule has 3 aliphatic rings. The normalized spacial score (nSPS) is 23.1. The molecule has 2 saturated heterocycles. The number of piperazine rings is 1. The minimum atomic E-state index is -0.156. The van der Waals surface area contributed by atoms with E-state index >= 15 is 0 Å². The smallest absolute Gasteiger partial charge is 0.289 e. The van der Waals surface area contributed by atoms with E-state index in [1.54, 1.807) is 11.8 Å². The number of nitrogens with one attached hydrogen (secondary N) is 1. The summed E-state index contributed by atoms with van der Waals surface area (Å²) in [5, 5.41) is 3.08. The average Bonchev–Trinajstić information content (AvgIpc) is 2.99. The van der Waals surface area contributed by atoms with Gasteiger partial charge in [-0.3, -0.25) is 14.4 Å². The van der Waals surface area contributed by atoms with Crippen LogP contribution in [0.1, 0.15) is 57.9 Å². The SMILES string of the molecule is Cc1c(C(=O)N2CCCC(N3CCNCC3=O)C2)oc2c1C(=O)CCC2.Cl. The van der Waals surface area contributed by atoms with Crippen molar-refractivity contribution in [3.63, 3.8) is 0 Å². The van der Waals surface area contributed by atoms with E-state index in [4.69, 9.17) is 4.42 Å². The molecule has 2 aliphatic heterocycles. The molecule has 0 bridgehead atoms. The van der Waals surface area contributed by atoms with Crippen molar-refractivity contribution in [3.05, 3.63) is 22.6 Å². The second-order valence-corrected chi connectivity index (χ2v) is 7.44. The summed E-state index contributed by atoms with van der Waals surface area (Å²) in [6.45, 7) is 4.85. The fraction of sp³-hybridized carbons (Fsp3) is 0.632. The molecule has 3 heterocycles. The molecule has 0 radical (unpaired) electrons. The number of fused-ring (bicyclic) bond motifs is 1. The fourth-order valence-electron chi connectivity index (χ4n) is 4.40. The van der Waals surface area contributed by atoms with Crippen molar-refractivity contribution in [3.8, 4) is 0 Å². The lowest BCUT2D eigenvalue weighted by Crippen LogP contribution is -2.57. The van der Waals surface area contributed by atoms with Gasteiger partial charge in [0.15, 0.2) is 11.5 Å². The molecule has 0 saturated carbocycles. The number of amides is 2. The van der Waals surface area contributed by atoms with E-state index in [9.17, 15) is 14.4 Å². The van der Waals surface area contributed by atoms with E-state index in [0.717, 1.165) is 25.8 Å². The predicted octanol–water partition coefficient (Wildman–Crippen LogP) is 1.57. The highest BCUT2D eigenvalue weighted by Gasteiger charge is 2.35. The third kappa shape index (κ3) is 3.62. The number of hydrogen-bond acceptors (Lipinski definition) is 5. The zero-order valence-corrected chi connectivity index (χ0v) is 16.4. The molecule has 148 valence electrons. The molecule has 0 spiro atoms. The second-order valence-electron chi connectivity index (χ2n) is 7.44. The van der Waals surface area contributed by atoms with Crippen molar-refractivity contribution in [2.75, 3.05) is 32.7 Å². The van der Waals surface area contributed by atoms with E-state index in [2.05, 4.69) is 5.32 Å². The summed E-state index contributed by atoms with van der Waals surface area (Å²) in [5.74, 6) is 0.989. The van der Waals surface area contributed by atoms with Crippen LogP contribution in [0.25, 0.3) is 0 Å². The highest BCUT2D eigenvalue weighted by Crippen LogP contribution is 2.30. The number of Topliss-reactive ketones (excluding diaryl/α,β-unsaturated/α-hetero) is 1. The van der Waals surface area contributed by atoms with E-state index in [1.165, 1.54) is 0 Å². The third-order valence-corrected chi connectivity index (χ3v) is 5.75. The summed E-state index contributed by atoms with van der Waals surface area (Å²) in [7, 11) is 0. The van der Waals surface area contributed by atoms with Crippen molar-refractivity contribution in [2.45, 2.75) is 45.1 Å². The van der Waals surface area contributed by atoms with Gasteiger partial charge in [-0.15, -0.1) is 12.4 Å². The van der Waals surface area contributed by atoms with Gasteiger partial charge < -0.3 is 19.5 Å². The molecule has 1 unspecified atom stereocenters. The topological polar surface area (TPSA) is 82.9 Å². The Hall–Kier alpha value is -1.86. The lowest BCUT2D eigenvalue weighted by atomic mass is 9.94. The van der Waals surface area contributed by atoms with Gasteiger partial charge in [0.1, 0.15) is 5.76 Å². The summed E-state index contributed by atoms with van der Waals surface area (Å²) in [4.78, 5) is 41.1. The maximum Gasteiger partial charge on any atom is 0.289 e. The minimum Gasteiger partial charge on any atom is -0.455 e. The zero-order valence-electron chi connectivity index (χ0n) is 15.6. The number of halogens is 1. The first kappa shape index (κ1) is 19.9. The average molecular weight is 396 g/mol. The van der Waals surface area contributed by atoms with Crippen LogP contribution in [0.4, 0.5) is 0 Å². The van der Waals surface area contributed by atoms with Gasteiger partial charge in [0.05, 0.1) is 12.1 Å². The van der Waals surface area contributed by atoms with Gasteiger partial charge in [-0.05, 0) is 26.2 Å². The monoisotopic (exact) mass is 395 g/mol. The number of likely N-dealkylation sites (tertiary alicyclic amines) is 1. The number of nitrogens with zero attached hydrogens (tertiary/aromatic N) is 2. The first-order valence-corrected chi connectivity index (χ1v) is 9.51.